The molecular formula is C37H40N2O6S. The van der Waals surface area contributed by atoms with Gasteiger partial charge in [-0.2, -0.15) is 0 Å². The second-order valence-electron chi connectivity index (χ2n) is 11.6. The van der Waals surface area contributed by atoms with Crippen LogP contribution in [0.5, 0.6) is 0 Å². The first-order valence-corrected chi connectivity index (χ1v) is 16.4. The second kappa shape index (κ2) is 15.2. The summed E-state index contributed by atoms with van der Waals surface area (Å²) < 4.78 is 10.2. The number of carboxylic acid groups (broad SMARTS) is 1. The van der Waals surface area contributed by atoms with Crippen molar-refractivity contribution in [1.82, 2.24) is 9.80 Å². The van der Waals surface area contributed by atoms with Gasteiger partial charge in [-0.15, -0.1) is 11.8 Å². The minimum Gasteiger partial charge on any atom is -0.480 e. The molecule has 2 amide bonds. The Hall–Kier alpha value is -4.50. The van der Waals surface area contributed by atoms with Gasteiger partial charge < -0.3 is 19.5 Å². The Morgan fingerprint density at radius 1 is 0.761 bits per heavy atom. The van der Waals surface area contributed by atoms with Crippen LogP contribution in [0.15, 0.2) is 116 Å². The van der Waals surface area contributed by atoms with E-state index in [1.165, 1.54) is 11.0 Å². The SMILES string of the molecule is C=CCOC(=O)N1CC(C[C@@H]2C[C@H](SC(c3ccccc3)(c3ccccc3)c3ccccc3)CN2C(=O)OCC=C)CC1C(=O)O. The predicted octanol–water partition coefficient (Wildman–Crippen LogP) is 6.97. The molecule has 2 saturated heterocycles. The van der Waals surface area contributed by atoms with Crippen molar-refractivity contribution >= 4 is 29.9 Å². The molecule has 3 aromatic carbocycles. The maximum atomic E-state index is 13.4. The van der Waals surface area contributed by atoms with Gasteiger partial charge in [0.25, 0.3) is 0 Å². The summed E-state index contributed by atoms with van der Waals surface area (Å²) in [5, 5.41) is 9.92. The van der Waals surface area contributed by atoms with Crippen LogP contribution < -0.4 is 0 Å². The normalized spacial score (nSPS) is 21.0. The van der Waals surface area contributed by atoms with E-state index in [9.17, 15) is 19.5 Å². The molecule has 0 aliphatic carbocycles. The fourth-order valence-corrected chi connectivity index (χ4v) is 8.59. The van der Waals surface area contributed by atoms with Gasteiger partial charge in [0.05, 0.1) is 4.75 Å². The van der Waals surface area contributed by atoms with Crippen molar-refractivity contribution in [2.24, 2.45) is 5.92 Å². The molecule has 0 saturated carbocycles. The molecule has 0 bridgehead atoms. The monoisotopic (exact) mass is 640 g/mol. The summed E-state index contributed by atoms with van der Waals surface area (Å²) in [5.41, 5.74) is 3.40. The fourth-order valence-electron chi connectivity index (χ4n) is 6.72. The van der Waals surface area contributed by atoms with Crippen LogP contribution >= 0.6 is 11.8 Å². The van der Waals surface area contributed by atoms with E-state index in [-0.39, 0.29) is 43.4 Å². The lowest BCUT2D eigenvalue weighted by Crippen LogP contribution is -2.41. The third-order valence-electron chi connectivity index (χ3n) is 8.66. The number of ether oxygens (including phenoxy) is 2. The van der Waals surface area contributed by atoms with Crippen LogP contribution in [0.25, 0.3) is 0 Å². The van der Waals surface area contributed by atoms with Gasteiger partial charge in [-0.25, -0.2) is 14.4 Å². The Kier molecular flexibility index (Phi) is 10.9. The second-order valence-corrected chi connectivity index (χ2v) is 13.2. The highest BCUT2D eigenvalue weighted by Crippen LogP contribution is 2.52. The van der Waals surface area contributed by atoms with Crippen molar-refractivity contribution in [2.75, 3.05) is 26.3 Å². The van der Waals surface area contributed by atoms with E-state index in [1.807, 2.05) is 30.0 Å². The lowest BCUT2D eigenvalue weighted by molar-refractivity contribution is -0.141. The number of thioether (sulfide) groups is 1. The molecule has 8 nitrogen and oxygen atoms in total. The van der Waals surface area contributed by atoms with E-state index in [4.69, 9.17) is 9.47 Å². The summed E-state index contributed by atoms with van der Waals surface area (Å²) in [6, 6.07) is 30.1. The molecule has 3 aromatic rings. The number of carboxylic acids is 1. The Morgan fingerprint density at radius 3 is 1.70 bits per heavy atom. The number of carbonyl (C=O) groups is 3. The summed E-state index contributed by atoms with van der Waals surface area (Å²) >= 11 is 1.83. The van der Waals surface area contributed by atoms with Gasteiger partial charge in [0, 0.05) is 24.4 Å². The van der Waals surface area contributed by atoms with Gasteiger partial charge in [0.2, 0.25) is 0 Å². The molecule has 0 spiro atoms. The molecule has 0 radical (unpaired) electrons. The van der Waals surface area contributed by atoms with Crippen LogP contribution in [0.2, 0.25) is 0 Å². The number of nitrogens with zero attached hydrogens (tertiary/aromatic N) is 2. The Bertz CT molecular complexity index is 1410. The zero-order chi connectivity index (χ0) is 32.5. The van der Waals surface area contributed by atoms with Gasteiger partial charge in [-0.05, 0) is 41.9 Å². The third-order valence-corrected chi connectivity index (χ3v) is 10.4. The van der Waals surface area contributed by atoms with Gasteiger partial charge in [-0.1, -0.05) is 116 Å². The number of benzene rings is 3. The molecule has 0 aromatic heterocycles. The highest BCUT2D eigenvalue weighted by molar-refractivity contribution is 8.01. The topological polar surface area (TPSA) is 96.4 Å². The van der Waals surface area contributed by atoms with E-state index < -0.39 is 28.9 Å². The molecule has 240 valence electrons. The molecule has 4 atom stereocenters. The fraction of sp³-hybridized carbons (Fsp3) is 0.324. The zero-order valence-corrected chi connectivity index (χ0v) is 26.6. The van der Waals surface area contributed by atoms with Crippen molar-refractivity contribution in [3.05, 3.63) is 133 Å². The summed E-state index contributed by atoms with van der Waals surface area (Å²) in [4.78, 5) is 41.3. The van der Waals surface area contributed by atoms with Crippen molar-refractivity contribution < 1.29 is 29.0 Å². The number of amides is 2. The Labute approximate surface area is 274 Å². The number of carbonyl (C=O) groups excluding carboxylic acids is 2. The van der Waals surface area contributed by atoms with Crippen LogP contribution in [0.1, 0.15) is 36.0 Å². The maximum absolute atomic E-state index is 13.4. The van der Waals surface area contributed by atoms with E-state index in [1.54, 1.807) is 11.0 Å². The largest absolute Gasteiger partial charge is 0.480 e. The van der Waals surface area contributed by atoms with E-state index in [0.29, 0.717) is 19.4 Å². The van der Waals surface area contributed by atoms with Crippen LogP contribution in [0.4, 0.5) is 9.59 Å². The maximum Gasteiger partial charge on any atom is 0.410 e. The third kappa shape index (κ3) is 7.15. The molecule has 2 unspecified atom stereocenters. The van der Waals surface area contributed by atoms with Gasteiger partial charge >= 0.3 is 18.2 Å². The molecule has 2 aliphatic rings. The number of aliphatic carboxylic acids is 1. The molecule has 5 rings (SSSR count). The predicted molar refractivity (Wildman–Crippen MR) is 180 cm³/mol. The van der Waals surface area contributed by atoms with Crippen LogP contribution in [-0.4, -0.2) is 76.7 Å². The van der Waals surface area contributed by atoms with Gasteiger partial charge in [-0.3, -0.25) is 4.90 Å². The highest BCUT2D eigenvalue weighted by Gasteiger charge is 2.47. The molecule has 2 fully saturated rings. The van der Waals surface area contributed by atoms with Crippen LogP contribution in [0.3, 0.4) is 0 Å². The summed E-state index contributed by atoms with van der Waals surface area (Å²) in [7, 11) is 0. The minimum absolute atomic E-state index is 0.00276. The van der Waals surface area contributed by atoms with E-state index >= 15 is 0 Å². The summed E-state index contributed by atoms with van der Waals surface area (Å²) in [5.74, 6) is -1.21. The number of rotatable bonds is 12. The first-order valence-electron chi connectivity index (χ1n) is 15.5. The number of hydrogen-bond donors (Lipinski definition) is 1. The van der Waals surface area contributed by atoms with Gasteiger partial charge in [0.15, 0.2) is 0 Å². The van der Waals surface area contributed by atoms with Crippen LogP contribution in [0, 0.1) is 5.92 Å². The standard InChI is InChI=1S/C37H40N2O6S/c1-3-20-44-35(42)38-26-32(24-31(38)22-27-23-33(34(40)41)39(25-27)36(43)45-21-4-2)46-37(28-14-8-5-9-15-28,29-16-10-6-11-17-29)30-18-12-7-13-19-30/h3-19,27,31-33H,1-2,20-26H2,(H,40,41)/t27?,31-,32+,33?/m1/s1. The quantitative estimate of drug-likeness (QED) is 0.169. The van der Waals surface area contributed by atoms with Crippen molar-refractivity contribution in [3.8, 4) is 0 Å². The lowest BCUT2D eigenvalue weighted by atomic mass is 9.84. The molecule has 2 aliphatic heterocycles. The Morgan fingerprint density at radius 2 is 1.24 bits per heavy atom. The Balaban J connectivity index is 1.46. The molecule has 2 heterocycles. The van der Waals surface area contributed by atoms with Crippen molar-refractivity contribution in [1.29, 1.82) is 0 Å². The molecular weight excluding hydrogens is 600 g/mol. The first kappa shape index (κ1) is 32.9. The van der Waals surface area contributed by atoms with Crippen molar-refractivity contribution in [2.45, 2.75) is 41.3 Å². The first-order chi connectivity index (χ1) is 22.4. The van der Waals surface area contributed by atoms with E-state index in [0.717, 1.165) is 16.7 Å². The molecule has 9 heteroatoms. The number of likely N-dealkylation sites (tertiary alicyclic amines) is 2. The van der Waals surface area contributed by atoms with Crippen molar-refractivity contribution in [3.63, 3.8) is 0 Å². The average Bonchev–Trinajstić information content (AvgIpc) is 3.70. The smallest absolute Gasteiger partial charge is 0.410 e. The van der Waals surface area contributed by atoms with Gasteiger partial charge in [0.1, 0.15) is 19.3 Å². The lowest BCUT2D eigenvalue weighted by Gasteiger charge is -2.37. The van der Waals surface area contributed by atoms with Crippen LogP contribution in [-0.2, 0) is 19.0 Å². The number of hydrogen-bond acceptors (Lipinski definition) is 6. The highest BCUT2D eigenvalue weighted by atomic mass is 32.2. The average molecular weight is 641 g/mol. The summed E-state index contributed by atoms with van der Waals surface area (Å²) in [6.45, 7) is 8.04. The molecule has 1 N–H and O–H groups in total. The molecule has 46 heavy (non-hydrogen) atoms. The minimum atomic E-state index is -1.07. The zero-order valence-electron chi connectivity index (χ0n) is 25.8. The van der Waals surface area contributed by atoms with E-state index in [2.05, 4.69) is 86.0 Å². The summed E-state index contributed by atoms with van der Waals surface area (Å²) in [6.07, 6.45) is 3.39.